The highest BCUT2D eigenvalue weighted by atomic mass is 35.5. The predicted octanol–water partition coefficient (Wildman–Crippen LogP) is 4.78. The first kappa shape index (κ1) is 22.0. The first-order valence-electron chi connectivity index (χ1n) is 10.5. The number of nitrogens with one attached hydrogen (secondary N) is 2. The molecule has 1 aliphatic rings. The number of anilines is 1. The number of aromatic nitrogens is 3. The molecule has 0 saturated carbocycles. The molecule has 31 heavy (non-hydrogen) atoms. The zero-order valence-electron chi connectivity index (χ0n) is 17.7. The number of rotatable bonds is 6. The Kier molecular flexibility index (Phi) is 7.07. The first-order valence-corrected chi connectivity index (χ1v) is 11.6. The van der Waals surface area contributed by atoms with Crippen LogP contribution in [0.4, 0.5) is 5.82 Å². The van der Waals surface area contributed by atoms with Crippen LogP contribution in [-0.4, -0.2) is 21.5 Å². The highest BCUT2D eigenvalue weighted by Crippen LogP contribution is 2.35. The molecule has 0 aliphatic carbocycles. The van der Waals surface area contributed by atoms with Crippen molar-refractivity contribution in [1.29, 1.82) is 0 Å². The lowest BCUT2D eigenvalue weighted by Gasteiger charge is -2.23. The Morgan fingerprint density at radius 1 is 1.19 bits per heavy atom. The number of fused-ring (bicyclic) bond motifs is 1. The largest absolute Gasteiger partial charge is 0.382 e. The van der Waals surface area contributed by atoms with Gasteiger partial charge >= 0.3 is 0 Å². The van der Waals surface area contributed by atoms with E-state index in [0.29, 0.717) is 16.8 Å². The molecule has 3 aromatic rings. The molecule has 2 atom stereocenters. The van der Waals surface area contributed by atoms with Gasteiger partial charge in [-0.3, -0.25) is 4.98 Å². The Balaban J connectivity index is 1.51. The molecule has 1 aliphatic heterocycles. The number of benzene rings is 1. The van der Waals surface area contributed by atoms with Crippen molar-refractivity contribution in [3.63, 3.8) is 0 Å². The van der Waals surface area contributed by atoms with Crippen LogP contribution in [0.25, 0.3) is 0 Å². The number of nitrogens with two attached hydrogens (primary N) is 1. The predicted molar refractivity (Wildman–Crippen MR) is 126 cm³/mol. The van der Waals surface area contributed by atoms with Gasteiger partial charge in [0.1, 0.15) is 10.8 Å². The minimum atomic E-state index is 0.115. The van der Waals surface area contributed by atoms with Gasteiger partial charge in [0.2, 0.25) is 0 Å². The third-order valence-corrected chi connectivity index (χ3v) is 6.80. The SMILES string of the molecule is CC(C)CN[C@@H]1C[C@H](c2cnc(Sc3ccnc(N)c3Cl)cn2)NCc2ccccc21. The minimum absolute atomic E-state index is 0.115. The molecule has 0 unspecified atom stereocenters. The van der Waals surface area contributed by atoms with Crippen LogP contribution in [0.5, 0.6) is 0 Å². The average Bonchev–Trinajstić information content (AvgIpc) is 2.96. The Labute approximate surface area is 192 Å². The summed E-state index contributed by atoms with van der Waals surface area (Å²) in [5.74, 6) is 0.908. The molecule has 0 spiro atoms. The third kappa shape index (κ3) is 5.36. The molecular weight excluding hydrogens is 428 g/mol. The lowest BCUT2D eigenvalue weighted by molar-refractivity contribution is 0.398. The molecule has 3 heterocycles. The maximum absolute atomic E-state index is 6.25. The van der Waals surface area contributed by atoms with Gasteiger partial charge in [-0.2, -0.15) is 0 Å². The third-order valence-electron chi connectivity index (χ3n) is 5.31. The van der Waals surface area contributed by atoms with Crippen LogP contribution < -0.4 is 16.4 Å². The summed E-state index contributed by atoms with van der Waals surface area (Å²) in [7, 11) is 0. The second kappa shape index (κ2) is 9.96. The quantitative estimate of drug-likeness (QED) is 0.493. The van der Waals surface area contributed by atoms with E-state index in [-0.39, 0.29) is 12.1 Å². The molecule has 0 fully saturated rings. The van der Waals surface area contributed by atoms with Crippen molar-refractivity contribution in [2.75, 3.05) is 12.3 Å². The van der Waals surface area contributed by atoms with Gasteiger partial charge < -0.3 is 16.4 Å². The van der Waals surface area contributed by atoms with E-state index in [9.17, 15) is 0 Å². The van der Waals surface area contributed by atoms with E-state index >= 15 is 0 Å². The van der Waals surface area contributed by atoms with Crippen LogP contribution >= 0.6 is 23.4 Å². The van der Waals surface area contributed by atoms with Crippen LogP contribution in [0.2, 0.25) is 5.02 Å². The van der Waals surface area contributed by atoms with Crippen molar-refractivity contribution in [3.8, 4) is 0 Å². The summed E-state index contributed by atoms with van der Waals surface area (Å²) in [6.45, 7) is 6.25. The summed E-state index contributed by atoms with van der Waals surface area (Å²) in [5, 5.41) is 8.62. The summed E-state index contributed by atoms with van der Waals surface area (Å²) in [4.78, 5) is 14.2. The second-order valence-corrected chi connectivity index (χ2v) is 9.55. The fourth-order valence-electron chi connectivity index (χ4n) is 3.70. The van der Waals surface area contributed by atoms with Gasteiger partial charge in [-0.25, -0.2) is 9.97 Å². The number of nitrogen functional groups attached to an aromatic ring is 1. The summed E-state index contributed by atoms with van der Waals surface area (Å²) in [5.41, 5.74) is 9.43. The fraction of sp³-hybridized carbons (Fsp3) is 0.348. The van der Waals surface area contributed by atoms with E-state index in [1.165, 1.54) is 22.9 Å². The van der Waals surface area contributed by atoms with E-state index in [0.717, 1.165) is 35.1 Å². The summed E-state index contributed by atoms with van der Waals surface area (Å²) >= 11 is 7.68. The van der Waals surface area contributed by atoms with Crippen LogP contribution in [0.3, 0.4) is 0 Å². The van der Waals surface area contributed by atoms with E-state index < -0.39 is 0 Å². The topological polar surface area (TPSA) is 88.8 Å². The zero-order valence-corrected chi connectivity index (χ0v) is 19.2. The first-order chi connectivity index (χ1) is 15.0. The van der Waals surface area contributed by atoms with E-state index in [2.05, 4.69) is 58.7 Å². The molecular formula is C23H27ClN6S. The normalized spacial score (nSPS) is 18.6. The van der Waals surface area contributed by atoms with Gasteiger partial charge in [0.25, 0.3) is 0 Å². The standard InChI is InChI=1S/C23H27ClN6S/c1-14(2)10-27-17-9-18(28-11-15-5-3-4-6-16(15)17)19-12-30-21(13-29-19)31-20-7-8-26-23(25)22(20)24/h3-8,12-14,17-18,27-28H,9-11H2,1-2H3,(H2,25,26)/t17-,18-/m1/s1. The van der Waals surface area contributed by atoms with E-state index in [1.54, 1.807) is 12.4 Å². The van der Waals surface area contributed by atoms with Crippen LogP contribution in [-0.2, 0) is 6.54 Å². The highest BCUT2D eigenvalue weighted by molar-refractivity contribution is 7.99. The van der Waals surface area contributed by atoms with Crippen molar-refractivity contribution >= 4 is 29.2 Å². The number of hydrogen-bond donors (Lipinski definition) is 3. The second-order valence-electron chi connectivity index (χ2n) is 8.11. The number of hydrogen-bond acceptors (Lipinski definition) is 7. The maximum atomic E-state index is 6.25. The monoisotopic (exact) mass is 454 g/mol. The van der Waals surface area contributed by atoms with Gasteiger partial charge in [0.05, 0.1) is 29.2 Å². The smallest absolute Gasteiger partial charge is 0.143 e. The molecule has 4 rings (SSSR count). The van der Waals surface area contributed by atoms with Gasteiger partial charge in [-0.05, 0) is 36.1 Å². The van der Waals surface area contributed by atoms with Crippen molar-refractivity contribution in [2.45, 2.75) is 48.8 Å². The summed E-state index contributed by atoms with van der Waals surface area (Å²) < 4.78 is 0. The van der Waals surface area contributed by atoms with Crippen LogP contribution in [0, 0.1) is 5.92 Å². The van der Waals surface area contributed by atoms with Crippen LogP contribution in [0.15, 0.2) is 58.8 Å². The van der Waals surface area contributed by atoms with Crippen molar-refractivity contribution in [3.05, 3.63) is 70.8 Å². The molecule has 1 aromatic carbocycles. The summed E-state index contributed by atoms with van der Waals surface area (Å²) in [6.07, 6.45) is 6.21. The lowest BCUT2D eigenvalue weighted by Crippen LogP contribution is -2.28. The molecule has 0 radical (unpaired) electrons. The van der Waals surface area contributed by atoms with Gasteiger partial charge in [0.15, 0.2) is 0 Å². The molecule has 0 saturated heterocycles. The van der Waals surface area contributed by atoms with Crippen molar-refractivity contribution in [2.24, 2.45) is 5.92 Å². The van der Waals surface area contributed by atoms with Crippen molar-refractivity contribution < 1.29 is 0 Å². The van der Waals surface area contributed by atoms with Crippen LogP contribution in [0.1, 0.15) is 49.2 Å². The molecule has 162 valence electrons. The molecule has 4 N–H and O–H groups in total. The van der Waals surface area contributed by atoms with Gasteiger partial charge in [-0.15, -0.1) is 0 Å². The Hall–Kier alpha value is -2.19. The number of pyridine rings is 1. The number of nitrogens with zero attached hydrogens (tertiary/aromatic N) is 3. The molecule has 6 nitrogen and oxygen atoms in total. The van der Waals surface area contributed by atoms with Crippen molar-refractivity contribution in [1.82, 2.24) is 25.6 Å². The molecule has 2 aromatic heterocycles. The maximum Gasteiger partial charge on any atom is 0.143 e. The minimum Gasteiger partial charge on any atom is -0.382 e. The summed E-state index contributed by atoms with van der Waals surface area (Å²) in [6, 6.07) is 10.9. The van der Waals surface area contributed by atoms with E-state index in [4.69, 9.17) is 22.3 Å². The van der Waals surface area contributed by atoms with Gasteiger partial charge in [0, 0.05) is 23.7 Å². The Bertz CT molecular complexity index is 1030. The Morgan fingerprint density at radius 3 is 2.81 bits per heavy atom. The molecule has 0 amide bonds. The Morgan fingerprint density at radius 2 is 2.03 bits per heavy atom. The van der Waals surface area contributed by atoms with E-state index in [1.807, 2.05) is 12.3 Å². The average molecular weight is 455 g/mol. The highest BCUT2D eigenvalue weighted by Gasteiger charge is 2.26. The number of halogens is 1. The van der Waals surface area contributed by atoms with Gasteiger partial charge in [-0.1, -0.05) is 61.5 Å². The molecule has 0 bridgehead atoms. The molecule has 8 heteroatoms. The fourth-order valence-corrected chi connectivity index (χ4v) is 4.69. The lowest BCUT2D eigenvalue weighted by atomic mass is 9.96. The zero-order chi connectivity index (χ0) is 21.8.